The highest BCUT2D eigenvalue weighted by Gasteiger charge is 1.88. The second-order valence-electron chi connectivity index (χ2n) is 2.34. The molecule has 0 unspecified atom stereocenters. The molecular weight excluding hydrogens is 170 g/mol. The standard InChI is InChI=1S/C10H8ClN/c11-8-10-5-3-9(4-6-10)2-1-7-12/h1-6H,8H2/b2-1+. The highest BCUT2D eigenvalue weighted by atomic mass is 35.5. The summed E-state index contributed by atoms with van der Waals surface area (Å²) in [5.74, 6) is 0.530. The van der Waals surface area contributed by atoms with E-state index in [0.29, 0.717) is 5.88 Å². The van der Waals surface area contributed by atoms with E-state index in [1.807, 2.05) is 30.3 Å². The first-order valence-corrected chi connectivity index (χ1v) is 4.11. The summed E-state index contributed by atoms with van der Waals surface area (Å²) in [7, 11) is 0. The van der Waals surface area contributed by atoms with E-state index >= 15 is 0 Å². The molecule has 1 nitrogen and oxygen atoms in total. The van der Waals surface area contributed by atoms with Gasteiger partial charge < -0.3 is 0 Å². The summed E-state index contributed by atoms with van der Waals surface area (Å²) in [6.07, 6.45) is 3.22. The maximum Gasteiger partial charge on any atom is 0.0912 e. The lowest BCUT2D eigenvalue weighted by molar-refractivity contribution is 1.40. The third-order valence-electron chi connectivity index (χ3n) is 1.48. The third-order valence-corrected chi connectivity index (χ3v) is 1.79. The lowest BCUT2D eigenvalue weighted by Crippen LogP contribution is -1.76. The number of rotatable bonds is 2. The van der Waals surface area contributed by atoms with Gasteiger partial charge in [0.15, 0.2) is 0 Å². The predicted molar refractivity (Wildman–Crippen MR) is 50.6 cm³/mol. The van der Waals surface area contributed by atoms with Crippen molar-refractivity contribution in [3.05, 3.63) is 41.5 Å². The molecule has 1 rings (SSSR count). The zero-order valence-corrected chi connectivity index (χ0v) is 7.25. The monoisotopic (exact) mass is 177 g/mol. The number of nitriles is 1. The lowest BCUT2D eigenvalue weighted by Gasteiger charge is -1.94. The van der Waals surface area contributed by atoms with Gasteiger partial charge >= 0.3 is 0 Å². The van der Waals surface area contributed by atoms with Gasteiger partial charge in [0.25, 0.3) is 0 Å². The zero-order valence-electron chi connectivity index (χ0n) is 6.50. The van der Waals surface area contributed by atoms with Gasteiger partial charge in [0.05, 0.1) is 6.07 Å². The fourth-order valence-corrected chi connectivity index (χ4v) is 1.03. The fraction of sp³-hybridized carbons (Fsp3) is 0.100. The van der Waals surface area contributed by atoms with Gasteiger partial charge in [-0.05, 0) is 17.2 Å². The van der Waals surface area contributed by atoms with Crippen molar-refractivity contribution in [2.45, 2.75) is 5.88 Å². The molecule has 0 fully saturated rings. The van der Waals surface area contributed by atoms with Crippen LogP contribution in [0.1, 0.15) is 11.1 Å². The van der Waals surface area contributed by atoms with E-state index in [1.54, 1.807) is 6.08 Å². The summed E-state index contributed by atoms with van der Waals surface area (Å²) in [4.78, 5) is 0. The van der Waals surface area contributed by atoms with Crippen LogP contribution in [0.5, 0.6) is 0 Å². The van der Waals surface area contributed by atoms with Crippen LogP contribution in [-0.2, 0) is 5.88 Å². The molecule has 0 aliphatic rings. The van der Waals surface area contributed by atoms with Crippen molar-refractivity contribution >= 4 is 17.7 Å². The van der Waals surface area contributed by atoms with Gasteiger partial charge in [-0.1, -0.05) is 24.3 Å². The zero-order chi connectivity index (χ0) is 8.81. The molecule has 0 bridgehead atoms. The molecule has 0 aromatic heterocycles. The molecule has 0 saturated carbocycles. The van der Waals surface area contributed by atoms with Crippen molar-refractivity contribution in [2.24, 2.45) is 0 Å². The van der Waals surface area contributed by atoms with Crippen molar-refractivity contribution in [2.75, 3.05) is 0 Å². The van der Waals surface area contributed by atoms with Gasteiger partial charge in [0.1, 0.15) is 0 Å². The number of halogens is 1. The smallest absolute Gasteiger partial charge is 0.0912 e. The first kappa shape index (κ1) is 8.83. The minimum Gasteiger partial charge on any atom is -0.193 e. The van der Waals surface area contributed by atoms with E-state index in [9.17, 15) is 0 Å². The van der Waals surface area contributed by atoms with E-state index in [1.165, 1.54) is 6.08 Å². The Hall–Kier alpha value is -1.26. The molecule has 1 aromatic carbocycles. The quantitative estimate of drug-likeness (QED) is 0.503. The first-order chi connectivity index (χ1) is 5.86. The van der Waals surface area contributed by atoms with Gasteiger partial charge in [-0.3, -0.25) is 0 Å². The summed E-state index contributed by atoms with van der Waals surface area (Å²) in [6, 6.07) is 9.71. The van der Waals surface area contributed by atoms with Gasteiger partial charge in [-0.25, -0.2) is 0 Å². The Morgan fingerprint density at radius 2 is 2.00 bits per heavy atom. The minimum atomic E-state index is 0.530. The summed E-state index contributed by atoms with van der Waals surface area (Å²) in [5.41, 5.74) is 2.11. The van der Waals surface area contributed by atoms with Crippen LogP contribution < -0.4 is 0 Å². The number of hydrogen-bond acceptors (Lipinski definition) is 1. The van der Waals surface area contributed by atoms with Crippen molar-refractivity contribution < 1.29 is 0 Å². The predicted octanol–water partition coefficient (Wildman–Crippen LogP) is 2.96. The van der Waals surface area contributed by atoms with Crippen LogP contribution in [-0.4, -0.2) is 0 Å². The third kappa shape index (κ3) is 2.41. The molecule has 0 spiro atoms. The number of allylic oxidation sites excluding steroid dienone is 1. The van der Waals surface area contributed by atoms with Gasteiger partial charge in [-0.2, -0.15) is 5.26 Å². The van der Waals surface area contributed by atoms with Crippen LogP contribution in [0.2, 0.25) is 0 Å². The maximum atomic E-state index is 8.27. The van der Waals surface area contributed by atoms with E-state index < -0.39 is 0 Å². The molecule has 1 aromatic rings. The van der Waals surface area contributed by atoms with Gasteiger partial charge in [0, 0.05) is 12.0 Å². The van der Waals surface area contributed by atoms with Crippen LogP contribution in [0.25, 0.3) is 6.08 Å². The molecule has 60 valence electrons. The van der Waals surface area contributed by atoms with Crippen LogP contribution in [0.4, 0.5) is 0 Å². The Morgan fingerprint density at radius 1 is 1.33 bits per heavy atom. The SMILES string of the molecule is N#C/C=C/c1ccc(CCl)cc1. The summed E-state index contributed by atoms with van der Waals surface area (Å²) >= 11 is 5.61. The van der Waals surface area contributed by atoms with Gasteiger partial charge in [-0.15, -0.1) is 11.6 Å². The van der Waals surface area contributed by atoms with Crippen molar-refractivity contribution in [1.29, 1.82) is 5.26 Å². The topological polar surface area (TPSA) is 23.8 Å². The molecule has 0 aliphatic carbocycles. The average molecular weight is 178 g/mol. The molecule has 0 radical (unpaired) electrons. The molecule has 2 heteroatoms. The minimum absolute atomic E-state index is 0.530. The Kier molecular flexibility index (Phi) is 3.37. The van der Waals surface area contributed by atoms with Crippen molar-refractivity contribution in [3.63, 3.8) is 0 Å². The molecular formula is C10H8ClN. The number of benzene rings is 1. The summed E-state index contributed by atoms with van der Waals surface area (Å²) in [5, 5.41) is 8.27. The molecule has 0 N–H and O–H groups in total. The van der Waals surface area contributed by atoms with Crippen LogP contribution >= 0.6 is 11.6 Å². The Morgan fingerprint density at radius 3 is 2.50 bits per heavy atom. The van der Waals surface area contributed by atoms with E-state index in [-0.39, 0.29) is 0 Å². The van der Waals surface area contributed by atoms with Crippen molar-refractivity contribution in [3.8, 4) is 6.07 Å². The second kappa shape index (κ2) is 4.58. The van der Waals surface area contributed by atoms with Crippen molar-refractivity contribution in [1.82, 2.24) is 0 Å². The Bertz CT molecular complexity index is 306. The van der Waals surface area contributed by atoms with E-state index in [0.717, 1.165) is 11.1 Å². The summed E-state index contributed by atoms with van der Waals surface area (Å²) in [6.45, 7) is 0. The number of alkyl halides is 1. The molecule has 0 amide bonds. The Labute approximate surface area is 76.9 Å². The number of hydrogen-bond donors (Lipinski definition) is 0. The van der Waals surface area contributed by atoms with E-state index in [4.69, 9.17) is 16.9 Å². The van der Waals surface area contributed by atoms with Crippen LogP contribution in [0, 0.1) is 11.3 Å². The van der Waals surface area contributed by atoms with Gasteiger partial charge in [0.2, 0.25) is 0 Å². The highest BCUT2D eigenvalue weighted by molar-refractivity contribution is 6.17. The molecule has 0 saturated heterocycles. The molecule has 12 heavy (non-hydrogen) atoms. The molecule has 0 aliphatic heterocycles. The molecule has 0 heterocycles. The normalized spacial score (nSPS) is 10.0. The molecule has 0 atom stereocenters. The maximum absolute atomic E-state index is 8.27. The highest BCUT2D eigenvalue weighted by Crippen LogP contribution is 2.07. The second-order valence-corrected chi connectivity index (χ2v) is 2.60. The summed E-state index contributed by atoms with van der Waals surface area (Å²) < 4.78 is 0. The lowest BCUT2D eigenvalue weighted by atomic mass is 10.1. The Balaban J connectivity index is 2.79. The van der Waals surface area contributed by atoms with Crippen LogP contribution in [0.3, 0.4) is 0 Å². The fourth-order valence-electron chi connectivity index (χ4n) is 0.851. The average Bonchev–Trinajstić information content (AvgIpc) is 2.15. The number of nitrogens with zero attached hydrogens (tertiary/aromatic N) is 1. The largest absolute Gasteiger partial charge is 0.193 e. The first-order valence-electron chi connectivity index (χ1n) is 3.58. The van der Waals surface area contributed by atoms with E-state index in [2.05, 4.69) is 0 Å². The van der Waals surface area contributed by atoms with Crippen LogP contribution in [0.15, 0.2) is 30.3 Å².